The van der Waals surface area contributed by atoms with E-state index in [1.54, 1.807) is 0 Å². The number of rotatable bonds is 7. The van der Waals surface area contributed by atoms with E-state index in [-0.39, 0.29) is 24.0 Å². The number of tetrazole rings is 1. The molecule has 1 fully saturated rings. The van der Waals surface area contributed by atoms with Crippen LogP contribution in [0.2, 0.25) is 0 Å². The van der Waals surface area contributed by atoms with Crippen LogP contribution in [0.25, 0.3) is 0 Å². The van der Waals surface area contributed by atoms with Gasteiger partial charge in [0.25, 0.3) is 0 Å². The van der Waals surface area contributed by atoms with Crippen LogP contribution in [0.3, 0.4) is 0 Å². The van der Waals surface area contributed by atoms with E-state index in [0.717, 1.165) is 56.5 Å². The molecular weight excluding hydrogens is 416 g/mol. The van der Waals surface area contributed by atoms with Crippen molar-refractivity contribution in [3.05, 3.63) is 29.6 Å². The maximum Gasteiger partial charge on any atom is 0.231 e. The minimum Gasteiger partial charge on any atom is -0.454 e. The average Bonchev–Trinajstić information content (AvgIpc) is 3.39. The van der Waals surface area contributed by atoms with Gasteiger partial charge >= 0.3 is 0 Å². The molecule has 31 heavy (non-hydrogen) atoms. The summed E-state index contributed by atoms with van der Waals surface area (Å²) in [6.45, 7) is 16.4. The molecular formula is C22H35ClN6O2. The molecule has 1 saturated heterocycles. The highest BCUT2D eigenvalue weighted by molar-refractivity contribution is 5.85. The molecule has 172 valence electrons. The zero-order chi connectivity index (χ0) is 21.3. The summed E-state index contributed by atoms with van der Waals surface area (Å²) in [5.41, 5.74) is 1.18. The molecule has 0 N–H and O–H groups in total. The van der Waals surface area contributed by atoms with Gasteiger partial charge in [-0.15, -0.1) is 17.5 Å². The fourth-order valence-electron chi connectivity index (χ4n) is 4.34. The molecule has 0 amide bonds. The zero-order valence-electron chi connectivity index (χ0n) is 19.2. The van der Waals surface area contributed by atoms with Crippen molar-refractivity contribution < 1.29 is 9.47 Å². The molecule has 0 radical (unpaired) electrons. The summed E-state index contributed by atoms with van der Waals surface area (Å²) in [5, 5.41) is 12.9. The summed E-state index contributed by atoms with van der Waals surface area (Å²) in [6, 6.07) is 6.47. The second-order valence-corrected chi connectivity index (χ2v) is 9.30. The molecule has 2 aliphatic heterocycles. The molecule has 1 atom stereocenters. The average molecular weight is 451 g/mol. The van der Waals surface area contributed by atoms with Crippen LogP contribution in [-0.2, 0) is 12.1 Å². The van der Waals surface area contributed by atoms with Gasteiger partial charge in [-0.1, -0.05) is 26.8 Å². The molecule has 9 heteroatoms. The Morgan fingerprint density at radius 1 is 1.06 bits per heavy atom. The second kappa shape index (κ2) is 9.71. The van der Waals surface area contributed by atoms with Gasteiger partial charge in [-0.2, -0.15) is 0 Å². The largest absolute Gasteiger partial charge is 0.454 e. The molecule has 1 aromatic heterocycles. The Labute approximate surface area is 191 Å². The quantitative estimate of drug-likeness (QED) is 0.639. The molecule has 2 aliphatic rings. The number of ether oxygens (including phenoxy) is 2. The van der Waals surface area contributed by atoms with Crippen molar-refractivity contribution in [3.8, 4) is 11.5 Å². The van der Waals surface area contributed by atoms with Gasteiger partial charge in [-0.25, -0.2) is 4.68 Å². The predicted molar refractivity (Wildman–Crippen MR) is 122 cm³/mol. The first-order valence-corrected chi connectivity index (χ1v) is 11.0. The fraction of sp³-hybridized carbons (Fsp3) is 0.682. The van der Waals surface area contributed by atoms with Gasteiger partial charge in [0, 0.05) is 32.7 Å². The maximum atomic E-state index is 5.52. The monoisotopic (exact) mass is 450 g/mol. The minimum atomic E-state index is -0.0901. The van der Waals surface area contributed by atoms with Crippen LogP contribution in [0.4, 0.5) is 0 Å². The van der Waals surface area contributed by atoms with E-state index in [4.69, 9.17) is 9.47 Å². The van der Waals surface area contributed by atoms with Crippen LogP contribution in [0.5, 0.6) is 11.5 Å². The van der Waals surface area contributed by atoms with Gasteiger partial charge in [0.05, 0.1) is 11.6 Å². The highest BCUT2D eigenvalue weighted by Crippen LogP contribution is 2.34. The predicted octanol–water partition coefficient (Wildman–Crippen LogP) is 3.48. The first-order valence-electron chi connectivity index (χ1n) is 11.0. The summed E-state index contributed by atoms with van der Waals surface area (Å²) in [7, 11) is 0. The number of hydrogen-bond donors (Lipinski definition) is 0. The molecule has 0 spiro atoms. The molecule has 1 unspecified atom stereocenters. The van der Waals surface area contributed by atoms with Crippen LogP contribution in [0.1, 0.15) is 58.5 Å². The SMILES string of the molecule is CCC(C)(C)n1nnnc1C(C(C)C)N1CCN(Cc2ccc3c(c2)OCO3)CC1.Cl. The number of piperazine rings is 1. The lowest BCUT2D eigenvalue weighted by Crippen LogP contribution is -2.49. The number of hydrogen-bond acceptors (Lipinski definition) is 7. The lowest BCUT2D eigenvalue weighted by Gasteiger charge is -2.41. The number of benzene rings is 1. The molecule has 4 rings (SSSR count). The Morgan fingerprint density at radius 3 is 2.45 bits per heavy atom. The molecule has 3 heterocycles. The minimum absolute atomic E-state index is 0. The maximum absolute atomic E-state index is 5.52. The van der Waals surface area contributed by atoms with E-state index in [2.05, 4.69) is 72.1 Å². The van der Waals surface area contributed by atoms with E-state index in [1.165, 1.54) is 5.56 Å². The summed E-state index contributed by atoms with van der Waals surface area (Å²) < 4.78 is 13.0. The van der Waals surface area contributed by atoms with Gasteiger partial charge in [-0.05, 0) is 54.3 Å². The standard InChI is InChI=1S/C22H34N6O2.ClH/c1-6-22(4,5)28-21(23-24-25-28)20(16(2)3)27-11-9-26(10-12-27)14-17-7-8-18-19(13-17)30-15-29-18;/h7-8,13,16,20H,6,9-12,14-15H2,1-5H3;1H. The number of halogens is 1. The summed E-state index contributed by atoms with van der Waals surface area (Å²) in [6.07, 6.45) is 0.985. The number of nitrogens with zero attached hydrogens (tertiary/aromatic N) is 6. The molecule has 1 aromatic carbocycles. The third-order valence-electron chi connectivity index (χ3n) is 6.47. The molecule has 8 nitrogen and oxygen atoms in total. The Morgan fingerprint density at radius 2 is 1.77 bits per heavy atom. The Balaban J connectivity index is 0.00000272. The van der Waals surface area contributed by atoms with E-state index < -0.39 is 0 Å². The van der Waals surface area contributed by atoms with Crippen molar-refractivity contribution in [2.24, 2.45) is 5.92 Å². The second-order valence-electron chi connectivity index (χ2n) is 9.30. The Kier molecular flexibility index (Phi) is 7.44. The normalized spacial score (nSPS) is 18.3. The first kappa shape index (κ1) is 23.8. The topological polar surface area (TPSA) is 68.5 Å². The molecule has 0 saturated carbocycles. The van der Waals surface area contributed by atoms with Crippen molar-refractivity contribution in [1.82, 2.24) is 30.0 Å². The number of fused-ring (bicyclic) bond motifs is 1. The highest BCUT2D eigenvalue weighted by atomic mass is 35.5. The number of aromatic nitrogens is 4. The van der Waals surface area contributed by atoms with E-state index in [9.17, 15) is 0 Å². The van der Waals surface area contributed by atoms with Gasteiger partial charge in [0.15, 0.2) is 17.3 Å². The fourth-order valence-corrected chi connectivity index (χ4v) is 4.34. The van der Waals surface area contributed by atoms with Crippen LogP contribution in [0, 0.1) is 5.92 Å². The van der Waals surface area contributed by atoms with Crippen molar-refractivity contribution in [2.75, 3.05) is 33.0 Å². The van der Waals surface area contributed by atoms with Crippen molar-refractivity contribution in [1.29, 1.82) is 0 Å². The van der Waals surface area contributed by atoms with E-state index in [1.807, 2.05) is 10.7 Å². The van der Waals surface area contributed by atoms with E-state index >= 15 is 0 Å². The summed E-state index contributed by atoms with van der Waals surface area (Å²) in [4.78, 5) is 5.05. The first-order chi connectivity index (χ1) is 14.4. The van der Waals surface area contributed by atoms with E-state index in [0.29, 0.717) is 12.7 Å². The molecule has 0 aliphatic carbocycles. The van der Waals surface area contributed by atoms with Gasteiger partial charge in [-0.3, -0.25) is 9.80 Å². The van der Waals surface area contributed by atoms with Gasteiger partial charge in [0.2, 0.25) is 6.79 Å². The van der Waals surface area contributed by atoms with Crippen LogP contribution in [-0.4, -0.2) is 63.0 Å². The van der Waals surface area contributed by atoms with Crippen LogP contribution < -0.4 is 9.47 Å². The summed E-state index contributed by atoms with van der Waals surface area (Å²) >= 11 is 0. The van der Waals surface area contributed by atoms with Gasteiger partial charge in [0.1, 0.15) is 0 Å². The van der Waals surface area contributed by atoms with Gasteiger partial charge < -0.3 is 9.47 Å². The summed E-state index contributed by atoms with van der Waals surface area (Å²) in [5.74, 6) is 3.12. The van der Waals surface area contributed by atoms with Crippen molar-refractivity contribution in [2.45, 2.75) is 59.2 Å². The smallest absolute Gasteiger partial charge is 0.231 e. The highest BCUT2D eigenvalue weighted by Gasteiger charge is 2.34. The van der Waals surface area contributed by atoms with Crippen LogP contribution in [0.15, 0.2) is 18.2 Å². The van der Waals surface area contributed by atoms with Crippen LogP contribution >= 0.6 is 12.4 Å². The molecule has 2 aromatic rings. The third kappa shape index (κ3) is 4.96. The third-order valence-corrected chi connectivity index (χ3v) is 6.47. The van der Waals surface area contributed by atoms with Crippen molar-refractivity contribution >= 4 is 12.4 Å². The zero-order valence-corrected chi connectivity index (χ0v) is 20.1. The molecule has 0 bridgehead atoms. The Hall–Kier alpha value is -1.90. The lowest BCUT2D eigenvalue weighted by atomic mass is 9.97. The lowest BCUT2D eigenvalue weighted by molar-refractivity contribution is 0.0631. The van der Waals surface area contributed by atoms with Crippen molar-refractivity contribution in [3.63, 3.8) is 0 Å². The Bertz CT molecular complexity index is 863.